The van der Waals surface area contributed by atoms with Crippen molar-refractivity contribution in [3.63, 3.8) is 0 Å². The zero-order valence-electron chi connectivity index (χ0n) is 13.2. The minimum absolute atomic E-state index is 0.242. The summed E-state index contributed by atoms with van der Waals surface area (Å²) in [7, 11) is 1.38. The summed E-state index contributed by atoms with van der Waals surface area (Å²) < 4.78 is 23.8. The molecule has 0 fully saturated rings. The van der Waals surface area contributed by atoms with Crippen LogP contribution in [0.3, 0.4) is 0 Å². The molecule has 0 saturated carbocycles. The Labute approximate surface area is 142 Å². The van der Waals surface area contributed by atoms with Gasteiger partial charge in [-0.05, 0) is 36.4 Å². The first-order valence-electron chi connectivity index (χ1n) is 7.09. The van der Waals surface area contributed by atoms with Gasteiger partial charge in [-0.3, -0.25) is 20.4 Å². The standard InChI is InChI=1S/C17H14FN3O4/c1-24-13-6-7-14(15(18)8-13)17(23)21-20-16(22)10-25-12-4-2-11(9-19)3-5-12/h2-8H,10H2,1H3,(H,20,22)(H,21,23). The summed E-state index contributed by atoms with van der Waals surface area (Å²) in [5.74, 6) is -1.56. The molecular formula is C17H14FN3O4. The summed E-state index contributed by atoms with van der Waals surface area (Å²) in [6.45, 7) is -0.364. The molecule has 2 aromatic rings. The summed E-state index contributed by atoms with van der Waals surface area (Å²) in [4.78, 5) is 23.5. The number of hydrazine groups is 1. The zero-order chi connectivity index (χ0) is 18.2. The van der Waals surface area contributed by atoms with E-state index in [1.807, 2.05) is 6.07 Å². The maximum Gasteiger partial charge on any atom is 0.276 e. The molecule has 0 bridgehead atoms. The Balaban J connectivity index is 1.83. The van der Waals surface area contributed by atoms with Gasteiger partial charge in [0.25, 0.3) is 11.8 Å². The first kappa shape index (κ1) is 17.7. The van der Waals surface area contributed by atoms with Gasteiger partial charge >= 0.3 is 0 Å². The highest BCUT2D eigenvalue weighted by Crippen LogP contribution is 2.16. The van der Waals surface area contributed by atoms with Crippen molar-refractivity contribution in [2.24, 2.45) is 0 Å². The van der Waals surface area contributed by atoms with Crippen molar-refractivity contribution in [1.82, 2.24) is 10.9 Å². The van der Waals surface area contributed by atoms with Crippen LogP contribution in [0.5, 0.6) is 11.5 Å². The van der Waals surface area contributed by atoms with E-state index in [-0.39, 0.29) is 17.9 Å². The van der Waals surface area contributed by atoms with E-state index >= 15 is 0 Å². The van der Waals surface area contributed by atoms with Gasteiger partial charge in [-0.1, -0.05) is 0 Å². The number of hydrogen-bond acceptors (Lipinski definition) is 5. The van der Waals surface area contributed by atoms with Crippen molar-refractivity contribution in [3.8, 4) is 17.6 Å². The fourth-order valence-electron chi connectivity index (χ4n) is 1.81. The number of nitrogens with one attached hydrogen (secondary N) is 2. The second-order valence-electron chi connectivity index (χ2n) is 4.77. The van der Waals surface area contributed by atoms with E-state index in [4.69, 9.17) is 14.7 Å². The molecule has 7 nitrogen and oxygen atoms in total. The quantitative estimate of drug-likeness (QED) is 0.802. The number of halogens is 1. The van der Waals surface area contributed by atoms with Crippen LogP contribution in [0.15, 0.2) is 42.5 Å². The van der Waals surface area contributed by atoms with Crippen LogP contribution in [-0.4, -0.2) is 25.5 Å². The number of carbonyl (C=O) groups excluding carboxylic acids is 2. The van der Waals surface area contributed by atoms with Gasteiger partial charge in [0.2, 0.25) is 0 Å². The Kier molecular flexibility index (Phi) is 5.90. The van der Waals surface area contributed by atoms with Crippen LogP contribution in [0.25, 0.3) is 0 Å². The van der Waals surface area contributed by atoms with Gasteiger partial charge in [-0.2, -0.15) is 5.26 Å². The van der Waals surface area contributed by atoms with Crippen LogP contribution in [0.1, 0.15) is 15.9 Å². The molecule has 0 aliphatic rings. The van der Waals surface area contributed by atoms with Gasteiger partial charge < -0.3 is 9.47 Å². The molecule has 8 heteroatoms. The van der Waals surface area contributed by atoms with Crippen LogP contribution in [0.4, 0.5) is 4.39 Å². The lowest BCUT2D eigenvalue weighted by Crippen LogP contribution is -2.44. The molecule has 2 amide bonds. The minimum atomic E-state index is -0.813. The van der Waals surface area contributed by atoms with Gasteiger partial charge in [0.05, 0.1) is 24.3 Å². The van der Waals surface area contributed by atoms with E-state index in [2.05, 4.69) is 10.9 Å². The number of hydrogen-bond donors (Lipinski definition) is 2. The number of benzene rings is 2. The topological polar surface area (TPSA) is 100 Å². The maximum atomic E-state index is 13.7. The van der Waals surface area contributed by atoms with Crippen molar-refractivity contribution in [2.45, 2.75) is 0 Å². The second kappa shape index (κ2) is 8.31. The zero-order valence-corrected chi connectivity index (χ0v) is 13.2. The van der Waals surface area contributed by atoms with E-state index in [0.29, 0.717) is 11.3 Å². The molecule has 0 aliphatic carbocycles. The normalized spacial score (nSPS) is 9.64. The third-order valence-corrected chi connectivity index (χ3v) is 3.09. The number of carbonyl (C=O) groups is 2. The van der Waals surface area contributed by atoms with Crippen molar-refractivity contribution in [3.05, 3.63) is 59.4 Å². The molecule has 2 aromatic carbocycles. The van der Waals surface area contributed by atoms with Crippen LogP contribution in [0.2, 0.25) is 0 Å². The fourth-order valence-corrected chi connectivity index (χ4v) is 1.81. The first-order chi connectivity index (χ1) is 12.0. The Bertz CT molecular complexity index is 816. The summed E-state index contributed by atoms with van der Waals surface area (Å²) in [6.07, 6.45) is 0. The predicted octanol–water partition coefficient (Wildman–Crippen LogP) is 1.55. The molecule has 0 heterocycles. The summed E-state index contributed by atoms with van der Waals surface area (Å²) in [6, 6.07) is 11.8. The molecule has 0 aliphatic heterocycles. The smallest absolute Gasteiger partial charge is 0.276 e. The monoisotopic (exact) mass is 343 g/mol. The molecule has 0 radical (unpaired) electrons. The summed E-state index contributed by atoms with van der Waals surface area (Å²) in [5, 5.41) is 8.68. The SMILES string of the molecule is COc1ccc(C(=O)NNC(=O)COc2ccc(C#N)cc2)c(F)c1. The van der Waals surface area contributed by atoms with Crippen LogP contribution < -0.4 is 20.3 Å². The molecular weight excluding hydrogens is 329 g/mol. The average molecular weight is 343 g/mol. The average Bonchev–Trinajstić information content (AvgIpc) is 2.64. The van der Waals surface area contributed by atoms with Crippen molar-refractivity contribution in [2.75, 3.05) is 13.7 Å². The number of amides is 2. The fraction of sp³-hybridized carbons (Fsp3) is 0.118. The van der Waals surface area contributed by atoms with E-state index in [1.165, 1.54) is 31.4 Å². The molecule has 0 unspecified atom stereocenters. The largest absolute Gasteiger partial charge is 0.497 e. The molecule has 2 N–H and O–H groups in total. The summed E-state index contributed by atoms with van der Waals surface area (Å²) in [5.41, 5.74) is 4.43. The van der Waals surface area contributed by atoms with Gasteiger partial charge in [0.15, 0.2) is 6.61 Å². The maximum absolute atomic E-state index is 13.7. The van der Waals surface area contributed by atoms with Gasteiger partial charge in [-0.25, -0.2) is 4.39 Å². The molecule has 25 heavy (non-hydrogen) atoms. The number of ether oxygens (including phenoxy) is 2. The van der Waals surface area contributed by atoms with Gasteiger partial charge in [0.1, 0.15) is 17.3 Å². The van der Waals surface area contributed by atoms with E-state index in [0.717, 1.165) is 6.07 Å². The molecule has 0 saturated heterocycles. The predicted molar refractivity (Wildman–Crippen MR) is 85.2 cm³/mol. The second-order valence-corrected chi connectivity index (χ2v) is 4.77. The Morgan fingerprint density at radius 1 is 1.12 bits per heavy atom. The Hall–Kier alpha value is -3.60. The van der Waals surface area contributed by atoms with E-state index < -0.39 is 17.6 Å². The van der Waals surface area contributed by atoms with Crippen molar-refractivity contribution >= 4 is 11.8 Å². The Morgan fingerprint density at radius 3 is 2.40 bits per heavy atom. The summed E-state index contributed by atoms with van der Waals surface area (Å²) >= 11 is 0. The highest BCUT2D eigenvalue weighted by Gasteiger charge is 2.13. The van der Waals surface area contributed by atoms with Crippen molar-refractivity contribution < 1.29 is 23.5 Å². The van der Waals surface area contributed by atoms with Crippen LogP contribution >= 0.6 is 0 Å². The lowest BCUT2D eigenvalue weighted by atomic mass is 10.2. The minimum Gasteiger partial charge on any atom is -0.497 e. The lowest BCUT2D eigenvalue weighted by Gasteiger charge is -2.10. The molecule has 0 aromatic heterocycles. The van der Waals surface area contributed by atoms with E-state index in [1.54, 1.807) is 12.1 Å². The number of nitrogens with zero attached hydrogens (tertiary/aromatic N) is 1. The highest BCUT2D eigenvalue weighted by atomic mass is 19.1. The number of methoxy groups -OCH3 is 1. The molecule has 2 rings (SSSR count). The third kappa shape index (κ3) is 4.94. The lowest BCUT2D eigenvalue weighted by molar-refractivity contribution is -0.123. The number of nitriles is 1. The van der Waals surface area contributed by atoms with Crippen molar-refractivity contribution in [1.29, 1.82) is 5.26 Å². The van der Waals surface area contributed by atoms with Gasteiger partial charge in [0, 0.05) is 6.07 Å². The third-order valence-electron chi connectivity index (χ3n) is 3.09. The molecule has 128 valence electrons. The highest BCUT2D eigenvalue weighted by molar-refractivity contribution is 5.95. The molecule has 0 atom stereocenters. The van der Waals surface area contributed by atoms with Gasteiger partial charge in [-0.15, -0.1) is 0 Å². The molecule has 0 spiro atoms. The van der Waals surface area contributed by atoms with Crippen LogP contribution in [0, 0.1) is 17.1 Å². The van der Waals surface area contributed by atoms with E-state index in [9.17, 15) is 14.0 Å². The van der Waals surface area contributed by atoms with Crippen LogP contribution in [-0.2, 0) is 4.79 Å². The first-order valence-corrected chi connectivity index (χ1v) is 7.09. The number of rotatable bonds is 5. The Morgan fingerprint density at radius 2 is 1.80 bits per heavy atom.